The van der Waals surface area contributed by atoms with Gasteiger partial charge >= 0.3 is 0 Å². The van der Waals surface area contributed by atoms with Crippen molar-refractivity contribution in [2.75, 3.05) is 0 Å². The van der Waals surface area contributed by atoms with E-state index in [0.29, 0.717) is 11.3 Å². The molecular formula is C39H31NO3. The fourth-order valence-electron chi connectivity index (χ4n) is 4.04. The normalized spacial score (nSPS) is 9.79. The van der Waals surface area contributed by atoms with Crippen molar-refractivity contribution < 1.29 is 14.4 Å². The number of carbonyl (C=O) groups excluding carboxylic acids is 3. The SMILES string of the molecule is Cc1ccc(C(=O)c2ccccc2)cc1.O=C(c1ccccc1)c1ccccc1.O=C(c1ccccc1)c1ccccn1. The number of rotatable bonds is 6. The maximum Gasteiger partial charge on any atom is 0.211 e. The molecule has 210 valence electrons. The summed E-state index contributed by atoms with van der Waals surface area (Å²) in [5.41, 5.74) is 5.27. The van der Waals surface area contributed by atoms with Crippen molar-refractivity contribution in [2.45, 2.75) is 6.92 Å². The minimum absolute atomic E-state index is 0.0359. The summed E-state index contributed by atoms with van der Waals surface area (Å²) in [6.07, 6.45) is 1.62. The lowest BCUT2D eigenvalue weighted by Gasteiger charge is -2.00. The Hall–Kier alpha value is -5.74. The molecule has 0 aliphatic carbocycles. The van der Waals surface area contributed by atoms with Gasteiger partial charge in [0.15, 0.2) is 11.6 Å². The standard InChI is InChI=1S/C14H12O.C13H10O.C12H9NO/c1-11-7-9-13(10-8-11)14(15)12-5-3-2-4-6-12;14-13(11-7-3-1-4-8-11)12-9-5-2-6-10-12;14-12(10-6-2-1-3-7-10)11-8-4-5-9-13-11/h2-10H,1H3;1-10H;1-9H. The molecule has 0 atom stereocenters. The number of pyridine rings is 1. The van der Waals surface area contributed by atoms with Crippen LogP contribution >= 0.6 is 0 Å². The van der Waals surface area contributed by atoms with Gasteiger partial charge in [-0.2, -0.15) is 0 Å². The minimum Gasteiger partial charge on any atom is -0.289 e. The highest BCUT2D eigenvalue weighted by molar-refractivity contribution is 6.09. The molecule has 0 saturated heterocycles. The molecule has 0 unspecified atom stereocenters. The number of carbonyl (C=O) groups is 3. The van der Waals surface area contributed by atoms with Gasteiger partial charge in [-0.25, -0.2) is 0 Å². The summed E-state index contributed by atoms with van der Waals surface area (Å²) in [5.74, 6) is 0.119. The van der Waals surface area contributed by atoms with E-state index in [4.69, 9.17) is 0 Å². The Bertz CT molecular complexity index is 1550. The number of aryl methyl sites for hydroxylation is 1. The molecule has 1 aromatic heterocycles. The zero-order chi connectivity index (χ0) is 30.3. The molecular weight excluding hydrogens is 530 g/mol. The Labute approximate surface area is 252 Å². The van der Waals surface area contributed by atoms with Crippen molar-refractivity contribution in [2.24, 2.45) is 0 Å². The number of nitrogens with zero attached hydrogens (tertiary/aromatic N) is 1. The summed E-state index contributed by atoms with van der Waals surface area (Å²) in [6, 6.07) is 50.0. The third-order valence-corrected chi connectivity index (χ3v) is 6.36. The van der Waals surface area contributed by atoms with Crippen LogP contribution < -0.4 is 0 Å². The second-order valence-corrected chi connectivity index (χ2v) is 9.53. The van der Waals surface area contributed by atoms with Crippen LogP contribution in [0.4, 0.5) is 0 Å². The monoisotopic (exact) mass is 561 g/mol. The van der Waals surface area contributed by atoms with Crippen LogP contribution in [0.5, 0.6) is 0 Å². The maximum absolute atomic E-state index is 12.0. The van der Waals surface area contributed by atoms with Crippen molar-refractivity contribution in [3.05, 3.63) is 209 Å². The number of aromatic nitrogens is 1. The van der Waals surface area contributed by atoms with Crippen LogP contribution in [0.1, 0.15) is 53.5 Å². The molecule has 1 heterocycles. The Balaban J connectivity index is 0.000000148. The molecule has 4 heteroatoms. The summed E-state index contributed by atoms with van der Waals surface area (Å²) < 4.78 is 0. The van der Waals surface area contributed by atoms with E-state index < -0.39 is 0 Å². The van der Waals surface area contributed by atoms with Crippen LogP contribution in [0.3, 0.4) is 0 Å². The Morgan fingerprint density at radius 1 is 0.372 bits per heavy atom. The van der Waals surface area contributed by atoms with E-state index in [2.05, 4.69) is 4.98 Å². The van der Waals surface area contributed by atoms with Gasteiger partial charge in [0.1, 0.15) is 5.69 Å². The van der Waals surface area contributed by atoms with Crippen molar-refractivity contribution in [3.8, 4) is 0 Å². The number of ketones is 3. The molecule has 0 saturated carbocycles. The summed E-state index contributed by atoms with van der Waals surface area (Å²) in [7, 11) is 0. The highest BCUT2D eigenvalue weighted by Crippen LogP contribution is 2.11. The molecule has 0 spiro atoms. The second kappa shape index (κ2) is 15.9. The molecule has 6 aromatic rings. The Kier molecular flexibility index (Phi) is 11.2. The summed E-state index contributed by atoms with van der Waals surface area (Å²) >= 11 is 0. The minimum atomic E-state index is -0.0359. The van der Waals surface area contributed by atoms with E-state index >= 15 is 0 Å². The molecule has 0 aliphatic heterocycles. The maximum atomic E-state index is 12.0. The molecule has 6 rings (SSSR count). The van der Waals surface area contributed by atoms with Gasteiger partial charge in [-0.1, -0.05) is 157 Å². The third kappa shape index (κ3) is 9.13. The van der Waals surface area contributed by atoms with Crippen LogP contribution in [0.15, 0.2) is 170 Å². The van der Waals surface area contributed by atoms with E-state index in [0.717, 1.165) is 22.3 Å². The fraction of sp³-hybridized carbons (Fsp3) is 0.0256. The molecule has 0 N–H and O–H groups in total. The van der Waals surface area contributed by atoms with Gasteiger partial charge in [-0.3, -0.25) is 19.4 Å². The number of hydrogen-bond acceptors (Lipinski definition) is 4. The first-order chi connectivity index (χ1) is 21.0. The van der Waals surface area contributed by atoms with E-state index in [1.54, 1.807) is 30.5 Å². The lowest BCUT2D eigenvalue weighted by atomic mass is 10.0. The van der Waals surface area contributed by atoms with Gasteiger partial charge in [-0.05, 0) is 19.1 Å². The first-order valence-electron chi connectivity index (χ1n) is 13.8. The number of hydrogen-bond donors (Lipinski definition) is 0. The predicted octanol–water partition coefficient (Wildman–Crippen LogP) is 8.46. The van der Waals surface area contributed by atoms with Gasteiger partial charge in [-0.15, -0.1) is 0 Å². The first-order valence-corrected chi connectivity index (χ1v) is 13.8. The van der Waals surface area contributed by atoms with Gasteiger partial charge < -0.3 is 0 Å². The van der Waals surface area contributed by atoms with Crippen LogP contribution in [0.25, 0.3) is 0 Å². The topological polar surface area (TPSA) is 64.1 Å². The van der Waals surface area contributed by atoms with Crippen LogP contribution in [0.2, 0.25) is 0 Å². The molecule has 4 nitrogen and oxygen atoms in total. The summed E-state index contributed by atoms with van der Waals surface area (Å²) in [6.45, 7) is 2.01. The van der Waals surface area contributed by atoms with Gasteiger partial charge in [0.05, 0.1) is 0 Å². The van der Waals surface area contributed by atoms with Crippen molar-refractivity contribution in [1.29, 1.82) is 0 Å². The average molecular weight is 562 g/mol. The zero-order valence-corrected chi connectivity index (χ0v) is 23.8. The molecule has 0 amide bonds. The summed E-state index contributed by atoms with van der Waals surface area (Å²) in [5, 5.41) is 0. The molecule has 0 bridgehead atoms. The van der Waals surface area contributed by atoms with Gasteiger partial charge in [0.2, 0.25) is 5.78 Å². The highest BCUT2D eigenvalue weighted by atomic mass is 16.1. The lowest BCUT2D eigenvalue weighted by molar-refractivity contribution is 0.102. The van der Waals surface area contributed by atoms with E-state index in [1.807, 2.05) is 146 Å². The Morgan fingerprint density at radius 2 is 0.698 bits per heavy atom. The molecule has 43 heavy (non-hydrogen) atoms. The smallest absolute Gasteiger partial charge is 0.211 e. The zero-order valence-electron chi connectivity index (χ0n) is 23.8. The van der Waals surface area contributed by atoms with Crippen LogP contribution in [-0.4, -0.2) is 22.3 Å². The van der Waals surface area contributed by atoms with E-state index in [1.165, 1.54) is 5.56 Å². The number of benzene rings is 5. The molecule has 0 fully saturated rings. The van der Waals surface area contributed by atoms with E-state index in [-0.39, 0.29) is 17.3 Å². The quantitative estimate of drug-likeness (QED) is 0.191. The van der Waals surface area contributed by atoms with Crippen molar-refractivity contribution >= 4 is 17.3 Å². The van der Waals surface area contributed by atoms with Crippen molar-refractivity contribution in [1.82, 2.24) is 4.98 Å². The summed E-state index contributed by atoms with van der Waals surface area (Å²) in [4.78, 5) is 39.6. The van der Waals surface area contributed by atoms with Gasteiger partial charge in [0, 0.05) is 34.0 Å². The largest absolute Gasteiger partial charge is 0.289 e. The fourth-order valence-corrected chi connectivity index (χ4v) is 4.04. The second-order valence-electron chi connectivity index (χ2n) is 9.53. The third-order valence-electron chi connectivity index (χ3n) is 6.36. The van der Waals surface area contributed by atoms with Crippen molar-refractivity contribution in [3.63, 3.8) is 0 Å². The highest BCUT2D eigenvalue weighted by Gasteiger charge is 2.09. The Morgan fingerprint density at radius 3 is 1.05 bits per heavy atom. The van der Waals surface area contributed by atoms with Crippen LogP contribution in [0, 0.1) is 6.92 Å². The van der Waals surface area contributed by atoms with E-state index in [9.17, 15) is 14.4 Å². The average Bonchev–Trinajstić information content (AvgIpc) is 3.10. The van der Waals surface area contributed by atoms with Gasteiger partial charge in [0.25, 0.3) is 0 Å². The molecule has 5 aromatic carbocycles. The first kappa shape index (κ1) is 30.2. The molecule has 0 aliphatic rings. The molecule has 0 radical (unpaired) electrons. The predicted molar refractivity (Wildman–Crippen MR) is 171 cm³/mol. The van der Waals surface area contributed by atoms with Crippen LogP contribution in [-0.2, 0) is 0 Å². The lowest BCUT2D eigenvalue weighted by Crippen LogP contribution is -2.02.